The standard InChI is InChI=1S/C17H24BNO3/c20-17(6-2-5-11-19-9-3-1-4-10-19)14-7-8-15-13-22-18(21)16(15)12-14/h7-8,12,21H,1-6,9-11,13H2. The molecule has 1 N–H and O–H groups in total. The second kappa shape index (κ2) is 7.40. The third-order valence-corrected chi connectivity index (χ3v) is 4.71. The molecule has 118 valence electrons. The molecule has 2 aliphatic heterocycles. The minimum Gasteiger partial charge on any atom is -0.423 e. The third-order valence-electron chi connectivity index (χ3n) is 4.71. The number of nitrogens with zero attached hydrogens (tertiary/aromatic N) is 1. The summed E-state index contributed by atoms with van der Waals surface area (Å²) in [6.07, 6.45) is 6.61. The van der Waals surface area contributed by atoms with Gasteiger partial charge in [0.05, 0.1) is 6.61 Å². The van der Waals surface area contributed by atoms with Gasteiger partial charge in [-0.2, -0.15) is 0 Å². The molecule has 1 aromatic carbocycles. The largest absolute Gasteiger partial charge is 0.491 e. The average Bonchev–Trinajstić information content (AvgIpc) is 2.93. The second-order valence-corrected chi connectivity index (χ2v) is 6.36. The lowest BCUT2D eigenvalue weighted by Gasteiger charge is -2.26. The number of Topliss-reactive ketones (excluding diaryl/α,β-unsaturated/α-hetero) is 1. The van der Waals surface area contributed by atoms with Crippen molar-refractivity contribution < 1.29 is 14.5 Å². The Bertz CT molecular complexity index is 529. The first kappa shape index (κ1) is 15.7. The maximum Gasteiger partial charge on any atom is 0.491 e. The van der Waals surface area contributed by atoms with E-state index < -0.39 is 7.12 Å². The smallest absolute Gasteiger partial charge is 0.423 e. The van der Waals surface area contributed by atoms with Gasteiger partial charge in [0.1, 0.15) is 0 Å². The van der Waals surface area contributed by atoms with Crippen LogP contribution < -0.4 is 5.46 Å². The normalized spacial score (nSPS) is 18.5. The molecular formula is C17H24BNO3. The van der Waals surface area contributed by atoms with Crippen LogP contribution >= 0.6 is 0 Å². The zero-order valence-corrected chi connectivity index (χ0v) is 13.1. The zero-order valence-electron chi connectivity index (χ0n) is 13.1. The minimum absolute atomic E-state index is 0.167. The van der Waals surface area contributed by atoms with Gasteiger partial charge in [-0.15, -0.1) is 0 Å². The predicted octanol–water partition coefficient (Wildman–Crippen LogP) is 1.74. The van der Waals surface area contributed by atoms with Crippen LogP contribution in [0, 0.1) is 0 Å². The fourth-order valence-electron chi connectivity index (χ4n) is 3.34. The highest BCUT2D eigenvalue weighted by atomic mass is 16.5. The molecule has 4 nitrogen and oxygen atoms in total. The molecular weight excluding hydrogens is 277 g/mol. The summed E-state index contributed by atoms with van der Waals surface area (Å²) >= 11 is 0. The molecule has 0 aromatic heterocycles. The van der Waals surface area contributed by atoms with Crippen molar-refractivity contribution in [3.05, 3.63) is 29.3 Å². The van der Waals surface area contributed by atoms with Crippen LogP contribution in [0.1, 0.15) is 54.4 Å². The van der Waals surface area contributed by atoms with Gasteiger partial charge in [-0.1, -0.05) is 24.6 Å². The molecule has 0 saturated carbocycles. The van der Waals surface area contributed by atoms with Crippen molar-refractivity contribution in [1.29, 1.82) is 0 Å². The van der Waals surface area contributed by atoms with Crippen LogP contribution in [0.2, 0.25) is 0 Å². The summed E-state index contributed by atoms with van der Waals surface area (Å²) in [7, 11) is -0.873. The molecule has 1 aromatic rings. The first-order valence-corrected chi connectivity index (χ1v) is 8.42. The number of rotatable bonds is 6. The number of ketones is 1. The van der Waals surface area contributed by atoms with Gasteiger partial charge >= 0.3 is 7.12 Å². The Morgan fingerprint density at radius 1 is 1.23 bits per heavy atom. The first-order chi connectivity index (χ1) is 10.7. The molecule has 5 heteroatoms. The number of carbonyl (C=O) groups excluding carboxylic acids is 1. The van der Waals surface area contributed by atoms with Crippen LogP contribution in [0.15, 0.2) is 18.2 Å². The fraction of sp³-hybridized carbons (Fsp3) is 0.588. The molecule has 0 aliphatic carbocycles. The van der Waals surface area contributed by atoms with E-state index in [0.717, 1.165) is 30.4 Å². The first-order valence-electron chi connectivity index (χ1n) is 8.42. The maximum absolute atomic E-state index is 12.3. The van der Waals surface area contributed by atoms with E-state index in [1.165, 1.54) is 32.4 Å². The summed E-state index contributed by atoms with van der Waals surface area (Å²) in [5.74, 6) is 0.167. The molecule has 0 radical (unpaired) electrons. The number of carbonyl (C=O) groups is 1. The Hall–Kier alpha value is -1.17. The van der Waals surface area contributed by atoms with Gasteiger partial charge in [-0.25, -0.2) is 0 Å². The van der Waals surface area contributed by atoms with E-state index in [4.69, 9.17) is 4.65 Å². The van der Waals surface area contributed by atoms with Crippen molar-refractivity contribution in [3.8, 4) is 0 Å². The Labute approximate surface area is 132 Å². The van der Waals surface area contributed by atoms with E-state index in [2.05, 4.69) is 4.90 Å². The quantitative estimate of drug-likeness (QED) is 0.494. The van der Waals surface area contributed by atoms with Crippen LogP contribution in [-0.2, 0) is 11.3 Å². The number of fused-ring (bicyclic) bond motifs is 1. The molecule has 2 aliphatic rings. The van der Waals surface area contributed by atoms with Crippen molar-refractivity contribution in [3.63, 3.8) is 0 Å². The topological polar surface area (TPSA) is 49.8 Å². The lowest BCUT2D eigenvalue weighted by atomic mass is 9.78. The molecule has 0 atom stereocenters. The molecule has 0 bridgehead atoms. The molecule has 3 rings (SSSR count). The Kier molecular flexibility index (Phi) is 5.29. The molecule has 0 spiro atoms. The third kappa shape index (κ3) is 3.78. The number of likely N-dealkylation sites (tertiary alicyclic amines) is 1. The van der Waals surface area contributed by atoms with Gasteiger partial charge in [-0.05, 0) is 56.3 Å². The van der Waals surface area contributed by atoms with Crippen LogP contribution in [0.4, 0.5) is 0 Å². The van der Waals surface area contributed by atoms with Crippen LogP contribution in [0.3, 0.4) is 0 Å². The van der Waals surface area contributed by atoms with Gasteiger partial charge < -0.3 is 14.6 Å². The fourth-order valence-corrected chi connectivity index (χ4v) is 3.34. The van der Waals surface area contributed by atoms with E-state index in [-0.39, 0.29) is 5.78 Å². The highest BCUT2D eigenvalue weighted by Gasteiger charge is 2.27. The summed E-state index contributed by atoms with van der Waals surface area (Å²) in [5, 5.41) is 9.71. The van der Waals surface area contributed by atoms with Crippen LogP contribution in [-0.4, -0.2) is 42.5 Å². The predicted molar refractivity (Wildman–Crippen MR) is 87.3 cm³/mol. The van der Waals surface area contributed by atoms with E-state index in [1.54, 1.807) is 6.07 Å². The monoisotopic (exact) mass is 301 g/mol. The summed E-state index contributed by atoms with van der Waals surface area (Å²) in [5.41, 5.74) is 2.43. The minimum atomic E-state index is -0.873. The highest BCUT2D eigenvalue weighted by Crippen LogP contribution is 2.14. The Morgan fingerprint density at radius 2 is 2.05 bits per heavy atom. The molecule has 22 heavy (non-hydrogen) atoms. The summed E-state index contributed by atoms with van der Waals surface area (Å²) in [4.78, 5) is 14.8. The van der Waals surface area contributed by atoms with Gasteiger partial charge in [0, 0.05) is 12.0 Å². The maximum atomic E-state index is 12.3. The van der Waals surface area contributed by atoms with Crippen LogP contribution in [0.5, 0.6) is 0 Å². The van der Waals surface area contributed by atoms with E-state index in [9.17, 15) is 9.82 Å². The molecule has 1 saturated heterocycles. The molecule has 0 unspecified atom stereocenters. The zero-order chi connectivity index (χ0) is 15.4. The average molecular weight is 301 g/mol. The molecule has 0 amide bonds. The Morgan fingerprint density at radius 3 is 2.86 bits per heavy atom. The van der Waals surface area contributed by atoms with Crippen molar-refractivity contribution in [2.24, 2.45) is 0 Å². The molecule has 2 heterocycles. The van der Waals surface area contributed by atoms with Crippen molar-refractivity contribution >= 4 is 18.4 Å². The van der Waals surface area contributed by atoms with Gasteiger partial charge in [-0.3, -0.25) is 4.79 Å². The summed E-state index contributed by atoms with van der Waals surface area (Å²) < 4.78 is 5.16. The van der Waals surface area contributed by atoms with Crippen molar-refractivity contribution in [2.75, 3.05) is 19.6 Å². The SMILES string of the molecule is O=C(CCCCN1CCCCC1)c1ccc2c(c1)B(O)OC2. The molecule has 1 fully saturated rings. The van der Waals surface area contributed by atoms with Gasteiger partial charge in [0.25, 0.3) is 0 Å². The number of piperidine rings is 1. The van der Waals surface area contributed by atoms with Crippen LogP contribution in [0.25, 0.3) is 0 Å². The van der Waals surface area contributed by atoms with E-state index >= 15 is 0 Å². The summed E-state index contributed by atoms with van der Waals surface area (Å²) in [6, 6.07) is 5.54. The lowest BCUT2D eigenvalue weighted by Crippen LogP contribution is -2.30. The second-order valence-electron chi connectivity index (χ2n) is 6.36. The Balaban J connectivity index is 1.45. The van der Waals surface area contributed by atoms with Crippen molar-refractivity contribution in [2.45, 2.75) is 45.1 Å². The number of hydrogen-bond donors (Lipinski definition) is 1. The highest BCUT2D eigenvalue weighted by molar-refractivity contribution is 6.61. The van der Waals surface area contributed by atoms with Gasteiger partial charge in [0.2, 0.25) is 0 Å². The number of benzene rings is 1. The number of unbranched alkanes of at least 4 members (excludes halogenated alkanes) is 1. The van der Waals surface area contributed by atoms with Crippen molar-refractivity contribution in [1.82, 2.24) is 4.90 Å². The van der Waals surface area contributed by atoms with Gasteiger partial charge in [0.15, 0.2) is 5.78 Å². The van der Waals surface area contributed by atoms with E-state index in [1.807, 2.05) is 12.1 Å². The lowest BCUT2D eigenvalue weighted by molar-refractivity contribution is 0.0977. The number of hydrogen-bond acceptors (Lipinski definition) is 4. The van der Waals surface area contributed by atoms with E-state index in [0.29, 0.717) is 18.6 Å². The summed E-state index contributed by atoms with van der Waals surface area (Å²) in [6.45, 7) is 3.98.